The molecule has 2 aromatic carbocycles. The van der Waals surface area contributed by atoms with Gasteiger partial charge in [0.1, 0.15) is 5.75 Å². The van der Waals surface area contributed by atoms with E-state index >= 15 is 0 Å². The lowest BCUT2D eigenvalue weighted by molar-refractivity contribution is -0.118. The van der Waals surface area contributed by atoms with E-state index in [9.17, 15) is 13.2 Å². The van der Waals surface area contributed by atoms with Crippen molar-refractivity contribution in [1.82, 2.24) is 0 Å². The van der Waals surface area contributed by atoms with Gasteiger partial charge in [0, 0.05) is 30.9 Å². The third kappa shape index (κ3) is 5.47. The molecule has 7 heteroatoms. The maximum atomic E-state index is 12.6. The SMILES string of the molecule is CCN(C)c1cccc(NC(=O)C(C)CS(=O)(=O)c2ccc(OC)cc2)c1. The summed E-state index contributed by atoms with van der Waals surface area (Å²) in [6, 6.07) is 13.6. The first kappa shape index (κ1) is 20.8. The van der Waals surface area contributed by atoms with Crippen molar-refractivity contribution in [3.05, 3.63) is 48.5 Å². The Labute approximate surface area is 161 Å². The molecule has 1 N–H and O–H groups in total. The third-order valence-electron chi connectivity index (χ3n) is 4.36. The van der Waals surface area contributed by atoms with Gasteiger partial charge in [-0.2, -0.15) is 0 Å². The second kappa shape index (κ2) is 8.90. The number of amides is 1. The summed E-state index contributed by atoms with van der Waals surface area (Å²) < 4.78 is 30.1. The predicted octanol–water partition coefficient (Wildman–Crippen LogP) is 3.20. The fourth-order valence-corrected chi connectivity index (χ4v) is 4.11. The van der Waals surface area contributed by atoms with Crippen LogP contribution in [0.2, 0.25) is 0 Å². The first-order valence-electron chi connectivity index (χ1n) is 8.75. The highest BCUT2D eigenvalue weighted by Crippen LogP contribution is 2.21. The van der Waals surface area contributed by atoms with Crippen LogP contribution in [-0.4, -0.2) is 40.8 Å². The summed E-state index contributed by atoms with van der Waals surface area (Å²) in [5.74, 6) is -0.704. The lowest BCUT2D eigenvalue weighted by Gasteiger charge is -2.18. The van der Waals surface area contributed by atoms with E-state index in [2.05, 4.69) is 5.32 Å². The molecule has 0 saturated heterocycles. The first-order valence-corrected chi connectivity index (χ1v) is 10.4. The summed E-state index contributed by atoms with van der Waals surface area (Å²) in [6.07, 6.45) is 0. The van der Waals surface area contributed by atoms with Crippen LogP contribution >= 0.6 is 0 Å². The Bertz CT molecular complexity index is 879. The normalized spacial score (nSPS) is 12.3. The predicted molar refractivity (Wildman–Crippen MR) is 108 cm³/mol. The molecule has 0 heterocycles. The molecule has 0 spiro atoms. The van der Waals surface area contributed by atoms with Gasteiger partial charge in [0.15, 0.2) is 9.84 Å². The lowest BCUT2D eigenvalue weighted by Crippen LogP contribution is -2.27. The molecule has 1 atom stereocenters. The third-order valence-corrected chi connectivity index (χ3v) is 6.29. The average molecular weight is 391 g/mol. The maximum Gasteiger partial charge on any atom is 0.228 e. The second-order valence-corrected chi connectivity index (χ2v) is 8.45. The molecule has 0 radical (unpaired) electrons. The van der Waals surface area contributed by atoms with Crippen molar-refractivity contribution in [1.29, 1.82) is 0 Å². The summed E-state index contributed by atoms with van der Waals surface area (Å²) >= 11 is 0. The minimum absolute atomic E-state index is 0.175. The minimum atomic E-state index is -3.57. The van der Waals surface area contributed by atoms with Crippen molar-refractivity contribution in [2.45, 2.75) is 18.7 Å². The molecule has 0 aliphatic rings. The Hall–Kier alpha value is -2.54. The lowest BCUT2D eigenvalue weighted by atomic mass is 10.2. The zero-order chi connectivity index (χ0) is 20.0. The quantitative estimate of drug-likeness (QED) is 0.749. The number of carbonyl (C=O) groups excluding carboxylic acids is 1. The molecule has 6 nitrogen and oxygen atoms in total. The van der Waals surface area contributed by atoms with Crippen LogP contribution < -0.4 is 15.0 Å². The molecule has 1 amide bonds. The summed E-state index contributed by atoms with van der Waals surface area (Å²) in [5.41, 5.74) is 1.63. The van der Waals surface area contributed by atoms with Gasteiger partial charge in [-0.05, 0) is 49.4 Å². The number of carbonyl (C=O) groups is 1. The molecule has 0 aromatic heterocycles. The van der Waals surface area contributed by atoms with Gasteiger partial charge in [-0.15, -0.1) is 0 Å². The number of benzene rings is 2. The van der Waals surface area contributed by atoms with Gasteiger partial charge in [0.25, 0.3) is 0 Å². The van der Waals surface area contributed by atoms with Crippen LogP contribution in [0.25, 0.3) is 0 Å². The molecule has 0 bridgehead atoms. The molecular formula is C20H26N2O4S. The minimum Gasteiger partial charge on any atom is -0.497 e. The smallest absolute Gasteiger partial charge is 0.228 e. The zero-order valence-electron chi connectivity index (χ0n) is 16.1. The fraction of sp³-hybridized carbons (Fsp3) is 0.350. The van der Waals surface area contributed by atoms with Crippen molar-refractivity contribution in [3.63, 3.8) is 0 Å². The van der Waals surface area contributed by atoms with Gasteiger partial charge in [0.05, 0.1) is 17.8 Å². The van der Waals surface area contributed by atoms with E-state index in [0.29, 0.717) is 11.4 Å². The largest absolute Gasteiger partial charge is 0.497 e. The van der Waals surface area contributed by atoms with Gasteiger partial charge < -0.3 is 15.0 Å². The Balaban J connectivity index is 2.06. The van der Waals surface area contributed by atoms with Crippen molar-refractivity contribution in [3.8, 4) is 5.75 Å². The van der Waals surface area contributed by atoms with E-state index in [0.717, 1.165) is 12.2 Å². The molecule has 146 valence electrons. The van der Waals surface area contributed by atoms with Crippen molar-refractivity contribution < 1.29 is 17.9 Å². The summed E-state index contributed by atoms with van der Waals surface area (Å²) in [7, 11) is -0.0916. The van der Waals surface area contributed by atoms with Crippen molar-refractivity contribution in [2.75, 3.05) is 36.7 Å². The highest BCUT2D eigenvalue weighted by atomic mass is 32.2. The average Bonchev–Trinajstić information content (AvgIpc) is 2.67. The van der Waals surface area contributed by atoms with Crippen LogP contribution in [0.1, 0.15) is 13.8 Å². The molecule has 27 heavy (non-hydrogen) atoms. The second-order valence-electron chi connectivity index (χ2n) is 6.41. The molecule has 0 fully saturated rings. The molecule has 2 aromatic rings. The van der Waals surface area contributed by atoms with Crippen molar-refractivity contribution >= 4 is 27.1 Å². The van der Waals surface area contributed by atoms with Crippen LogP contribution in [0.4, 0.5) is 11.4 Å². The summed E-state index contributed by atoms with van der Waals surface area (Å²) in [6.45, 7) is 4.49. The van der Waals surface area contributed by atoms with Gasteiger partial charge in [-0.1, -0.05) is 13.0 Å². The number of sulfone groups is 1. The standard InChI is InChI=1S/C20H26N2O4S/c1-5-22(3)17-8-6-7-16(13-17)21-20(23)15(2)14-27(24,25)19-11-9-18(26-4)10-12-19/h6-13,15H,5,14H2,1-4H3,(H,21,23). The van der Waals surface area contributed by atoms with E-state index in [4.69, 9.17) is 4.74 Å². The van der Waals surface area contributed by atoms with E-state index in [1.807, 2.05) is 37.1 Å². The van der Waals surface area contributed by atoms with E-state index < -0.39 is 15.8 Å². The van der Waals surface area contributed by atoms with Crippen molar-refractivity contribution in [2.24, 2.45) is 5.92 Å². The molecule has 2 rings (SSSR count). The number of hydrogen-bond donors (Lipinski definition) is 1. The first-order chi connectivity index (χ1) is 12.8. The van der Waals surface area contributed by atoms with E-state index in [-0.39, 0.29) is 16.6 Å². The summed E-state index contributed by atoms with van der Waals surface area (Å²) in [5, 5.41) is 2.80. The summed E-state index contributed by atoms with van der Waals surface area (Å²) in [4.78, 5) is 14.7. The molecule has 0 aliphatic carbocycles. The van der Waals surface area contributed by atoms with Gasteiger partial charge in [-0.3, -0.25) is 4.79 Å². The number of nitrogens with one attached hydrogen (secondary N) is 1. The highest BCUT2D eigenvalue weighted by molar-refractivity contribution is 7.91. The van der Waals surface area contributed by atoms with Crippen LogP contribution in [0.3, 0.4) is 0 Å². The van der Waals surface area contributed by atoms with E-state index in [1.54, 1.807) is 25.1 Å². The van der Waals surface area contributed by atoms with Crippen LogP contribution in [-0.2, 0) is 14.6 Å². The Morgan fingerprint density at radius 2 is 1.85 bits per heavy atom. The van der Waals surface area contributed by atoms with Crippen LogP contribution in [0, 0.1) is 5.92 Å². The van der Waals surface area contributed by atoms with E-state index in [1.165, 1.54) is 19.2 Å². The number of rotatable bonds is 8. The maximum absolute atomic E-state index is 12.6. The number of hydrogen-bond acceptors (Lipinski definition) is 5. The zero-order valence-corrected chi connectivity index (χ0v) is 16.9. The van der Waals surface area contributed by atoms with Gasteiger partial charge >= 0.3 is 0 Å². The Morgan fingerprint density at radius 3 is 2.44 bits per heavy atom. The molecule has 0 aliphatic heterocycles. The fourth-order valence-electron chi connectivity index (χ4n) is 2.55. The Kier molecular flexibility index (Phi) is 6.85. The molecular weight excluding hydrogens is 364 g/mol. The van der Waals surface area contributed by atoms with Gasteiger partial charge in [0.2, 0.25) is 5.91 Å². The van der Waals surface area contributed by atoms with Crippen LogP contribution in [0.15, 0.2) is 53.4 Å². The number of nitrogens with zero attached hydrogens (tertiary/aromatic N) is 1. The Morgan fingerprint density at radius 1 is 1.19 bits per heavy atom. The molecule has 1 unspecified atom stereocenters. The van der Waals surface area contributed by atoms with Gasteiger partial charge in [-0.25, -0.2) is 8.42 Å². The number of anilines is 2. The van der Waals surface area contributed by atoms with Crippen LogP contribution in [0.5, 0.6) is 5.75 Å². The number of ether oxygens (including phenoxy) is 1. The topological polar surface area (TPSA) is 75.7 Å². The number of methoxy groups -OCH3 is 1. The molecule has 0 saturated carbocycles. The monoisotopic (exact) mass is 390 g/mol. The highest BCUT2D eigenvalue weighted by Gasteiger charge is 2.23.